The fourth-order valence-corrected chi connectivity index (χ4v) is 8.72. The van der Waals surface area contributed by atoms with E-state index in [0.29, 0.717) is 23.0 Å². The molecule has 0 aliphatic heterocycles. The Morgan fingerprint density at radius 1 is 0.362 bits per heavy atom. The van der Waals surface area contributed by atoms with E-state index in [4.69, 9.17) is 15.0 Å². The second kappa shape index (κ2) is 13.2. The smallest absolute Gasteiger partial charge is 0.164 e. The number of hydrogen-bond donors (Lipinski definition) is 0. The average molecular weight is 739 g/mol. The van der Waals surface area contributed by atoms with E-state index in [1.165, 1.54) is 60.7 Å². The fourth-order valence-electron chi connectivity index (χ4n) is 8.72. The highest BCUT2D eigenvalue weighted by Crippen LogP contribution is 2.52. The molecule has 10 aromatic rings. The predicted molar refractivity (Wildman–Crippen MR) is 238 cm³/mol. The first kappa shape index (κ1) is 33.6. The highest BCUT2D eigenvalue weighted by atomic mass is 15.0. The van der Waals surface area contributed by atoms with Crippen molar-refractivity contribution in [3.05, 3.63) is 187 Å². The van der Waals surface area contributed by atoms with Gasteiger partial charge in [0.2, 0.25) is 0 Å². The number of rotatable bonds is 5. The van der Waals surface area contributed by atoms with Gasteiger partial charge < -0.3 is 0 Å². The van der Waals surface area contributed by atoms with Gasteiger partial charge in [-0.2, -0.15) is 5.26 Å². The third-order valence-electron chi connectivity index (χ3n) is 11.7. The van der Waals surface area contributed by atoms with Gasteiger partial charge in [0.05, 0.1) is 11.6 Å². The van der Waals surface area contributed by atoms with E-state index in [1.54, 1.807) is 0 Å². The van der Waals surface area contributed by atoms with Crippen molar-refractivity contribution in [1.82, 2.24) is 15.0 Å². The van der Waals surface area contributed by atoms with Crippen LogP contribution in [0, 0.1) is 25.2 Å². The number of benzene rings is 9. The van der Waals surface area contributed by atoms with Crippen molar-refractivity contribution in [2.45, 2.75) is 13.8 Å². The summed E-state index contributed by atoms with van der Waals surface area (Å²) in [4.78, 5) is 15.1. The molecule has 0 unspecified atom stereocenters. The van der Waals surface area contributed by atoms with E-state index >= 15 is 0 Å². The van der Waals surface area contributed by atoms with Crippen LogP contribution in [0.3, 0.4) is 0 Å². The quantitative estimate of drug-likeness (QED) is 0.165. The number of nitrogens with zero attached hydrogens (tertiary/aromatic N) is 4. The van der Waals surface area contributed by atoms with Crippen LogP contribution in [0.1, 0.15) is 16.7 Å². The maximum absolute atomic E-state index is 9.58. The van der Waals surface area contributed by atoms with Gasteiger partial charge in [-0.25, -0.2) is 15.0 Å². The van der Waals surface area contributed by atoms with Crippen LogP contribution < -0.4 is 0 Å². The van der Waals surface area contributed by atoms with Gasteiger partial charge >= 0.3 is 0 Å². The molecule has 0 radical (unpaired) electrons. The Hall–Kier alpha value is -7.74. The maximum atomic E-state index is 9.58. The molecule has 4 heteroatoms. The van der Waals surface area contributed by atoms with Gasteiger partial charge in [-0.05, 0) is 109 Å². The molecule has 0 fully saturated rings. The van der Waals surface area contributed by atoms with Gasteiger partial charge in [0.25, 0.3) is 0 Å². The Bertz CT molecular complexity index is 3240. The lowest BCUT2D eigenvalue weighted by molar-refractivity contribution is 1.07. The number of nitriles is 1. The van der Waals surface area contributed by atoms with Gasteiger partial charge in [0.15, 0.2) is 17.5 Å². The molecule has 0 atom stereocenters. The molecule has 1 aliphatic rings. The molecule has 1 aromatic heterocycles. The van der Waals surface area contributed by atoms with E-state index in [2.05, 4.69) is 178 Å². The lowest BCUT2D eigenvalue weighted by Gasteiger charge is -2.17. The number of fused-ring (bicyclic) bond motifs is 6. The van der Waals surface area contributed by atoms with Crippen molar-refractivity contribution in [2.75, 3.05) is 0 Å². The molecule has 1 aliphatic carbocycles. The molecule has 0 spiro atoms. The van der Waals surface area contributed by atoms with Gasteiger partial charge in [-0.1, -0.05) is 163 Å². The SMILES string of the molecule is Cc1ccc(-c2nc(-c3ccc(C)cc3)nc(-c3ccc4ccc5c(-c6ccc7c8c(ccc(-c9ccc(C#N)cc9)c68)-c6ccccc6-7)cccc5c4c3)n2)cc1. The van der Waals surface area contributed by atoms with Gasteiger partial charge in [0.1, 0.15) is 0 Å². The topological polar surface area (TPSA) is 62.5 Å². The zero-order valence-corrected chi connectivity index (χ0v) is 32.0. The monoisotopic (exact) mass is 738 g/mol. The Morgan fingerprint density at radius 2 is 0.845 bits per heavy atom. The molecule has 0 saturated heterocycles. The minimum Gasteiger partial charge on any atom is -0.208 e. The summed E-state index contributed by atoms with van der Waals surface area (Å²) in [6.07, 6.45) is 0. The molecule has 0 N–H and O–H groups in total. The summed E-state index contributed by atoms with van der Waals surface area (Å²) in [5.74, 6) is 1.93. The Morgan fingerprint density at radius 3 is 1.45 bits per heavy atom. The molecule has 4 nitrogen and oxygen atoms in total. The van der Waals surface area contributed by atoms with Crippen LogP contribution in [0.25, 0.3) is 111 Å². The third kappa shape index (κ3) is 5.40. The van der Waals surface area contributed by atoms with Crippen molar-refractivity contribution < 1.29 is 0 Å². The Kier molecular flexibility index (Phi) is 7.64. The minimum absolute atomic E-state index is 0.635. The van der Waals surface area contributed by atoms with E-state index in [9.17, 15) is 5.26 Å². The van der Waals surface area contributed by atoms with Crippen molar-refractivity contribution in [2.24, 2.45) is 0 Å². The van der Waals surface area contributed by atoms with E-state index < -0.39 is 0 Å². The minimum atomic E-state index is 0.635. The molecule has 0 bridgehead atoms. The molecule has 9 aromatic carbocycles. The van der Waals surface area contributed by atoms with Crippen molar-refractivity contribution in [3.63, 3.8) is 0 Å². The Balaban J connectivity index is 1.12. The van der Waals surface area contributed by atoms with Crippen LogP contribution in [0.15, 0.2) is 170 Å². The summed E-state index contributed by atoms with van der Waals surface area (Å²) in [6.45, 7) is 4.17. The highest BCUT2D eigenvalue weighted by molar-refractivity contribution is 6.24. The summed E-state index contributed by atoms with van der Waals surface area (Å²) in [5, 5.41) is 16.7. The first-order valence-corrected chi connectivity index (χ1v) is 19.6. The van der Waals surface area contributed by atoms with Crippen LogP contribution in [0.4, 0.5) is 0 Å². The molecule has 270 valence electrons. The molecule has 0 amide bonds. The first-order chi connectivity index (χ1) is 28.5. The molecule has 1 heterocycles. The summed E-state index contributed by atoms with van der Waals surface area (Å²) >= 11 is 0. The van der Waals surface area contributed by atoms with Gasteiger partial charge in [0, 0.05) is 16.7 Å². The predicted octanol–water partition coefficient (Wildman–Crippen LogP) is 13.8. The summed E-state index contributed by atoms with van der Waals surface area (Å²) < 4.78 is 0. The summed E-state index contributed by atoms with van der Waals surface area (Å²) in [5.41, 5.74) is 15.5. The summed E-state index contributed by atoms with van der Waals surface area (Å²) in [7, 11) is 0. The average Bonchev–Trinajstić information content (AvgIpc) is 3.61. The largest absolute Gasteiger partial charge is 0.208 e. The van der Waals surface area contributed by atoms with Crippen LogP contribution >= 0.6 is 0 Å². The zero-order valence-electron chi connectivity index (χ0n) is 32.0. The van der Waals surface area contributed by atoms with Crippen LogP contribution in [0.5, 0.6) is 0 Å². The van der Waals surface area contributed by atoms with Crippen molar-refractivity contribution in [1.29, 1.82) is 5.26 Å². The van der Waals surface area contributed by atoms with Crippen molar-refractivity contribution >= 4 is 32.3 Å². The lowest BCUT2D eigenvalue weighted by atomic mass is 9.86. The zero-order chi connectivity index (χ0) is 38.9. The number of hydrogen-bond acceptors (Lipinski definition) is 4. The lowest BCUT2D eigenvalue weighted by Crippen LogP contribution is -2.00. The maximum Gasteiger partial charge on any atom is 0.164 e. The molecular weight excluding hydrogens is 705 g/mol. The van der Waals surface area contributed by atoms with Gasteiger partial charge in [-0.15, -0.1) is 0 Å². The van der Waals surface area contributed by atoms with Crippen molar-refractivity contribution in [3.8, 4) is 84.7 Å². The Labute approximate surface area is 336 Å². The molecular formula is C54H34N4. The van der Waals surface area contributed by atoms with E-state index in [1.807, 2.05) is 12.1 Å². The fraction of sp³-hybridized carbons (Fsp3) is 0.0370. The molecule has 0 saturated carbocycles. The second-order valence-electron chi connectivity index (χ2n) is 15.2. The summed E-state index contributed by atoms with van der Waals surface area (Å²) in [6, 6.07) is 62.5. The van der Waals surface area contributed by atoms with E-state index in [0.717, 1.165) is 44.0 Å². The normalized spacial score (nSPS) is 11.6. The van der Waals surface area contributed by atoms with Crippen LogP contribution in [-0.2, 0) is 0 Å². The molecule has 11 rings (SSSR count). The first-order valence-electron chi connectivity index (χ1n) is 19.6. The third-order valence-corrected chi connectivity index (χ3v) is 11.7. The standard InChI is InChI=1S/C54H34N4/c1-32-10-16-37(17-11-32)52-56-53(38-18-12-33(2)13-19-38)58-54(57-52)39-23-22-36-24-25-45-43(8-5-9-44(45)49(36)30-39)46-28-29-48-42-7-4-3-6-41(42)47-27-26-40(50(46)51(47)48)35-20-14-34(31-55)15-21-35/h3-30H,1-2H3. The van der Waals surface area contributed by atoms with Crippen LogP contribution in [-0.4, -0.2) is 15.0 Å². The second-order valence-corrected chi connectivity index (χ2v) is 15.2. The number of aryl methyl sites for hydroxylation is 2. The van der Waals surface area contributed by atoms with E-state index in [-0.39, 0.29) is 0 Å². The molecule has 58 heavy (non-hydrogen) atoms. The highest BCUT2D eigenvalue weighted by Gasteiger charge is 2.25. The van der Waals surface area contributed by atoms with Crippen LogP contribution in [0.2, 0.25) is 0 Å². The number of aromatic nitrogens is 3. The van der Waals surface area contributed by atoms with Gasteiger partial charge in [-0.3, -0.25) is 0 Å².